The zero-order valence-corrected chi connectivity index (χ0v) is 15.3. The van der Waals surface area contributed by atoms with Crippen molar-refractivity contribution in [1.82, 2.24) is 0 Å². The Bertz CT molecular complexity index is 626. The van der Waals surface area contributed by atoms with E-state index in [0.29, 0.717) is 12.8 Å². The number of ether oxygens (including phenoxy) is 1. The van der Waals surface area contributed by atoms with Gasteiger partial charge in [0, 0.05) is 0 Å². The van der Waals surface area contributed by atoms with Gasteiger partial charge in [0.25, 0.3) is 0 Å². The van der Waals surface area contributed by atoms with Crippen molar-refractivity contribution in [3.05, 3.63) is 72.1 Å². The summed E-state index contributed by atoms with van der Waals surface area (Å²) in [6.07, 6.45) is 0.789. The summed E-state index contributed by atoms with van der Waals surface area (Å²) >= 11 is 0. The van der Waals surface area contributed by atoms with Gasteiger partial charge in [-0.1, -0.05) is 40.2 Å². The molecule has 0 radical (unpaired) electrons. The van der Waals surface area contributed by atoms with Gasteiger partial charge in [0.15, 0.2) is 23.3 Å². The highest BCUT2D eigenvalue weighted by Gasteiger charge is 2.21. The second kappa shape index (κ2) is 10.1. The first-order chi connectivity index (χ1) is 11.4. The van der Waals surface area contributed by atoms with Gasteiger partial charge in [-0.3, -0.25) is 0 Å². The molecule has 0 saturated carbocycles. The molecule has 2 unspecified atom stereocenters. The molecule has 0 spiro atoms. The summed E-state index contributed by atoms with van der Waals surface area (Å²) in [6.45, 7) is 18.4. The molecule has 25 heavy (non-hydrogen) atoms. The van der Waals surface area contributed by atoms with Crippen LogP contribution in [0.25, 0.3) is 0 Å². The summed E-state index contributed by atoms with van der Waals surface area (Å²) in [5.74, 6) is -5.59. The number of methoxy groups -OCH3 is 1. The van der Waals surface area contributed by atoms with E-state index in [1.54, 1.807) is 13.8 Å². The van der Waals surface area contributed by atoms with Crippen LogP contribution in [0, 0.1) is 11.8 Å². The predicted octanol–water partition coefficient (Wildman–Crippen LogP) is 7.19. The molecule has 0 aliphatic carbocycles. The van der Waals surface area contributed by atoms with E-state index < -0.39 is 35.0 Å². The van der Waals surface area contributed by atoms with Gasteiger partial charge in [-0.25, -0.2) is 13.2 Å². The van der Waals surface area contributed by atoms with Crippen LogP contribution < -0.4 is 0 Å². The van der Waals surface area contributed by atoms with Gasteiger partial charge < -0.3 is 4.74 Å². The Morgan fingerprint density at radius 1 is 0.760 bits per heavy atom. The highest BCUT2D eigenvalue weighted by Crippen LogP contribution is 2.33. The smallest absolute Gasteiger partial charge is 0.200 e. The van der Waals surface area contributed by atoms with E-state index in [1.807, 2.05) is 0 Å². The average molecular weight is 358 g/mol. The maximum atomic E-state index is 14.0. The van der Waals surface area contributed by atoms with E-state index in [0.717, 1.165) is 0 Å². The maximum absolute atomic E-state index is 14.0. The summed E-state index contributed by atoms with van der Waals surface area (Å²) in [4.78, 5) is 0. The van der Waals surface area contributed by atoms with Crippen LogP contribution in [0.3, 0.4) is 0 Å². The Morgan fingerprint density at radius 2 is 1.12 bits per heavy atom. The molecule has 0 aromatic rings. The number of allylic oxidation sites excluding steroid dienone is 7. The highest BCUT2D eigenvalue weighted by molar-refractivity contribution is 5.35. The van der Waals surface area contributed by atoms with Gasteiger partial charge in [-0.15, -0.1) is 0 Å². The van der Waals surface area contributed by atoms with Crippen LogP contribution in [0.5, 0.6) is 0 Å². The van der Waals surface area contributed by atoms with Gasteiger partial charge in [0.05, 0.1) is 7.11 Å². The molecule has 0 aromatic carbocycles. The Morgan fingerprint density at radius 3 is 1.44 bits per heavy atom. The molecule has 0 rings (SSSR count). The van der Waals surface area contributed by atoms with E-state index in [9.17, 15) is 17.6 Å². The summed E-state index contributed by atoms with van der Waals surface area (Å²) in [5, 5.41) is 0. The molecular weight excluding hydrogens is 332 g/mol. The van der Waals surface area contributed by atoms with Crippen LogP contribution in [0.1, 0.15) is 33.6 Å². The first-order valence-electron chi connectivity index (χ1n) is 7.83. The van der Waals surface area contributed by atoms with Crippen molar-refractivity contribution in [2.75, 3.05) is 7.11 Å². The second-order valence-corrected chi connectivity index (χ2v) is 6.09. The van der Waals surface area contributed by atoms with Crippen LogP contribution in [0.4, 0.5) is 17.6 Å². The lowest BCUT2D eigenvalue weighted by Crippen LogP contribution is -2.07. The Kier molecular flexibility index (Phi) is 9.24. The fourth-order valence-corrected chi connectivity index (χ4v) is 1.96. The molecule has 5 heteroatoms. The lowest BCUT2D eigenvalue weighted by Gasteiger charge is -2.18. The number of hydrogen-bond donors (Lipinski definition) is 0. The molecule has 0 aliphatic rings. The lowest BCUT2D eigenvalue weighted by molar-refractivity contribution is 0.280. The van der Waals surface area contributed by atoms with Gasteiger partial charge >= 0.3 is 0 Å². The number of rotatable bonds is 10. The Balaban J connectivity index is 4.95. The standard InChI is InChI=1S/C20H26F4O/c1-11(2)17(21)18(22)14(5)12(3)9-10-13(4)15(6)19(23)20(24)16(7)25-8/h12-13H,1,5-7,9-10H2,2-4,8H3/b18-17-,20-19-. The molecule has 0 heterocycles. The number of halogens is 4. The van der Waals surface area contributed by atoms with Crippen LogP contribution in [-0.2, 0) is 4.74 Å². The van der Waals surface area contributed by atoms with Gasteiger partial charge in [-0.2, -0.15) is 4.39 Å². The predicted molar refractivity (Wildman–Crippen MR) is 95.3 cm³/mol. The summed E-state index contributed by atoms with van der Waals surface area (Å²) in [6, 6.07) is 0. The largest absolute Gasteiger partial charge is 0.494 e. The fourth-order valence-electron chi connectivity index (χ4n) is 1.96. The van der Waals surface area contributed by atoms with E-state index in [4.69, 9.17) is 0 Å². The molecule has 0 aromatic heterocycles. The van der Waals surface area contributed by atoms with Crippen LogP contribution in [-0.4, -0.2) is 7.11 Å². The third kappa shape index (κ3) is 6.40. The van der Waals surface area contributed by atoms with E-state index in [2.05, 4.69) is 31.1 Å². The van der Waals surface area contributed by atoms with Crippen LogP contribution in [0.2, 0.25) is 0 Å². The molecule has 0 aliphatic heterocycles. The number of hydrogen-bond acceptors (Lipinski definition) is 1. The van der Waals surface area contributed by atoms with Gasteiger partial charge in [0.1, 0.15) is 5.76 Å². The molecular formula is C20H26F4O. The topological polar surface area (TPSA) is 9.23 Å². The second-order valence-electron chi connectivity index (χ2n) is 6.09. The summed E-state index contributed by atoms with van der Waals surface area (Å²) in [5.41, 5.74) is -0.0560. The Labute approximate surface area is 147 Å². The van der Waals surface area contributed by atoms with Crippen LogP contribution in [0.15, 0.2) is 72.1 Å². The minimum absolute atomic E-state index is 0.00766. The van der Waals surface area contributed by atoms with Crippen molar-refractivity contribution < 1.29 is 22.3 Å². The molecule has 0 N–H and O–H groups in total. The SMILES string of the molecule is C=C(C)/C(F)=C(/F)C(=C)C(C)CCC(C)C(=C)/C(F)=C(/F)C(=C)OC. The summed E-state index contributed by atoms with van der Waals surface area (Å²) < 4.78 is 59.7. The quantitative estimate of drug-likeness (QED) is 0.228. The van der Waals surface area contributed by atoms with E-state index in [1.165, 1.54) is 14.0 Å². The first-order valence-corrected chi connectivity index (χ1v) is 7.83. The summed E-state index contributed by atoms with van der Waals surface area (Å²) in [7, 11) is 1.18. The van der Waals surface area contributed by atoms with Crippen molar-refractivity contribution in [1.29, 1.82) is 0 Å². The zero-order chi connectivity index (χ0) is 19.9. The maximum Gasteiger partial charge on any atom is 0.200 e. The molecule has 140 valence electrons. The van der Waals surface area contributed by atoms with Crippen molar-refractivity contribution in [2.24, 2.45) is 11.8 Å². The highest BCUT2D eigenvalue weighted by atomic mass is 19.2. The van der Waals surface area contributed by atoms with Crippen molar-refractivity contribution in [3.63, 3.8) is 0 Å². The lowest BCUT2D eigenvalue weighted by atomic mass is 9.88. The van der Waals surface area contributed by atoms with E-state index >= 15 is 0 Å². The molecule has 1 nitrogen and oxygen atoms in total. The Hall–Kier alpha value is -2.04. The molecule has 0 amide bonds. The van der Waals surface area contributed by atoms with Gasteiger partial charge in [-0.05, 0) is 48.3 Å². The molecule has 0 bridgehead atoms. The first kappa shape index (κ1) is 23.0. The average Bonchev–Trinajstić information content (AvgIpc) is 2.60. The third-order valence-corrected chi connectivity index (χ3v) is 4.04. The molecule has 0 saturated heterocycles. The van der Waals surface area contributed by atoms with E-state index in [-0.39, 0.29) is 22.6 Å². The molecule has 2 atom stereocenters. The zero-order valence-electron chi connectivity index (χ0n) is 15.3. The molecule has 0 fully saturated rings. The minimum Gasteiger partial charge on any atom is -0.494 e. The van der Waals surface area contributed by atoms with Crippen LogP contribution >= 0.6 is 0 Å². The van der Waals surface area contributed by atoms with Crippen molar-refractivity contribution >= 4 is 0 Å². The minimum atomic E-state index is -1.20. The third-order valence-electron chi connectivity index (χ3n) is 4.04. The van der Waals surface area contributed by atoms with Crippen molar-refractivity contribution in [2.45, 2.75) is 33.6 Å². The monoisotopic (exact) mass is 358 g/mol. The normalized spacial score (nSPS) is 15.5. The van der Waals surface area contributed by atoms with Gasteiger partial charge in [0.2, 0.25) is 0 Å². The van der Waals surface area contributed by atoms with Crippen molar-refractivity contribution in [3.8, 4) is 0 Å². The fraction of sp³-hybridized carbons (Fsp3) is 0.400.